The molecule has 1 aromatic heterocycles. The molecule has 7 nitrogen and oxygen atoms in total. The quantitative estimate of drug-likeness (QED) is 0.542. The molecule has 0 fully saturated rings. The van der Waals surface area contributed by atoms with Gasteiger partial charge in [0.2, 0.25) is 0 Å². The lowest BCUT2D eigenvalue weighted by Crippen LogP contribution is -2.25. The van der Waals surface area contributed by atoms with Crippen molar-refractivity contribution in [3.63, 3.8) is 0 Å². The summed E-state index contributed by atoms with van der Waals surface area (Å²) in [6.07, 6.45) is 0.547. The van der Waals surface area contributed by atoms with E-state index in [1.165, 1.54) is 16.8 Å². The molecule has 0 N–H and O–H groups in total. The van der Waals surface area contributed by atoms with Gasteiger partial charge < -0.3 is 0 Å². The highest BCUT2D eigenvalue weighted by Gasteiger charge is 2.07. The second-order valence-corrected chi connectivity index (χ2v) is 4.81. The van der Waals surface area contributed by atoms with E-state index in [0.29, 0.717) is 23.9 Å². The molecule has 2 aromatic carbocycles. The molecule has 0 saturated carbocycles. The van der Waals surface area contributed by atoms with E-state index < -0.39 is 4.92 Å². The summed E-state index contributed by atoms with van der Waals surface area (Å²) in [5.74, 6) is 0. The lowest BCUT2D eigenvalue weighted by molar-refractivity contribution is -0.384. The zero-order chi connectivity index (χ0) is 15.5. The number of benzene rings is 2. The van der Waals surface area contributed by atoms with E-state index >= 15 is 0 Å². The van der Waals surface area contributed by atoms with Gasteiger partial charge in [-0.15, -0.1) is 5.10 Å². The molecule has 3 rings (SSSR count). The Morgan fingerprint density at radius 3 is 2.55 bits per heavy atom. The van der Waals surface area contributed by atoms with Crippen molar-refractivity contribution in [1.82, 2.24) is 15.0 Å². The number of fused-ring (bicyclic) bond motifs is 1. The number of rotatable bonds is 4. The van der Waals surface area contributed by atoms with Crippen LogP contribution in [0, 0.1) is 10.1 Å². The highest BCUT2D eigenvalue weighted by molar-refractivity contribution is 5.76. The van der Waals surface area contributed by atoms with Gasteiger partial charge in [-0.25, -0.2) is 4.68 Å². The molecular weight excluding hydrogens is 284 g/mol. The molecule has 0 aliphatic rings. The van der Waals surface area contributed by atoms with Gasteiger partial charge >= 0.3 is 0 Å². The van der Waals surface area contributed by atoms with Gasteiger partial charge in [0.05, 0.1) is 16.9 Å². The van der Waals surface area contributed by atoms with E-state index in [0.717, 1.165) is 5.56 Å². The van der Waals surface area contributed by atoms with Crippen LogP contribution in [0.1, 0.15) is 5.56 Å². The molecule has 0 radical (unpaired) electrons. The minimum atomic E-state index is -0.441. The van der Waals surface area contributed by atoms with Crippen LogP contribution in [0.15, 0.2) is 53.3 Å². The minimum absolute atomic E-state index is 0.0476. The summed E-state index contributed by atoms with van der Waals surface area (Å²) in [5, 5.41) is 19.1. The molecule has 22 heavy (non-hydrogen) atoms. The number of nitrogens with zero attached hydrogens (tertiary/aromatic N) is 4. The molecule has 0 aliphatic carbocycles. The number of hydrogen-bond donors (Lipinski definition) is 0. The van der Waals surface area contributed by atoms with Crippen LogP contribution >= 0.6 is 0 Å². The van der Waals surface area contributed by atoms with Crippen molar-refractivity contribution in [2.24, 2.45) is 0 Å². The maximum atomic E-state index is 12.3. The summed E-state index contributed by atoms with van der Waals surface area (Å²) < 4.78 is 1.31. The second-order valence-electron chi connectivity index (χ2n) is 4.81. The van der Waals surface area contributed by atoms with Gasteiger partial charge in [0.15, 0.2) is 0 Å². The molecule has 0 aliphatic heterocycles. The van der Waals surface area contributed by atoms with Gasteiger partial charge in [0.1, 0.15) is 5.52 Å². The maximum absolute atomic E-state index is 12.3. The summed E-state index contributed by atoms with van der Waals surface area (Å²) in [5.41, 5.74) is 1.32. The van der Waals surface area contributed by atoms with Crippen LogP contribution in [-0.4, -0.2) is 19.9 Å². The van der Waals surface area contributed by atoms with Gasteiger partial charge in [-0.2, -0.15) is 0 Å². The number of aromatic nitrogens is 3. The number of nitro groups is 1. The lowest BCUT2D eigenvalue weighted by Gasteiger charge is -2.05. The molecule has 7 heteroatoms. The van der Waals surface area contributed by atoms with Gasteiger partial charge in [0, 0.05) is 12.1 Å². The van der Waals surface area contributed by atoms with Gasteiger partial charge in [-0.1, -0.05) is 29.5 Å². The predicted molar refractivity (Wildman–Crippen MR) is 80.6 cm³/mol. The second kappa shape index (κ2) is 5.72. The maximum Gasteiger partial charge on any atom is 0.277 e. The first-order chi connectivity index (χ1) is 10.6. The van der Waals surface area contributed by atoms with Gasteiger partial charge in [0.25, 0.3) is 11.2 Å². The Morgan fingerprint density at radius 1 is 1.09 bits per heavy atom. The third-order valence-electron chi connectivity index (χ3n) is 3.39. The van der Waals surface area contributed by atoms with Crippen molar-refractivity contribution < 1.29 is 4.92 Å². The molecule has 0 bridgehead atoms. The standard InChI is InChI=1S/C15H12N4O3/c20-15-13-3-1-2-4-14(13)16-17-18(15)10-9-11-5-7-12(8-6-11)19(21)22/h1-8H,9-10H2. The normalized spacial score (nSPS) is 10.7. The van der Waals surface area contributed by atoms with E-state index in [2.05, 4.69) is 10.3 Å². The molecule has 110 valence electrons. The molecule has 1 heterocycles. The average Bonchev–Trinajstić information content (AvgIpc) is 2.55. The fraction of sp³-hybridized carbons (Fsp3) is 0.133. The smallest absolute Gasteiger partial charge is 0.267 e. The van der Waals surface area contributed by atoms with E-state index in [1.807, 2.05) is 0 Å². The van der Waals surface area contributed by atoms with Gasteiger partial charge in [-0.05, 0) is 24.1 Å². The first kappa shape index (κ1) is 13.9. The van der Waals surface area contributed by atoms with Crippen LogP contribution in [-0.2, 0) is 13.0 Å². The van der Waals surface area contributed by atoms with Crippen molar-refractivity contribution in [3.8, 4) is 0 Å². The molecule has 0 saturated heterocycles. The number of non-ortho nitro benzene ring substituents is 1. The number of aryl methyl sites for hydroxylation is 2. The highest BCUT2D eigenvalue weighted by atomic mass is 16.6. The van der Waals surface area contributed by atoms with Crippen molar-refractivity contribution in [2.75, 3.05) is 0 Å². The summed E-state index contributed by atoms with van der Waals surface area (Å²) in [7, 11) is 0. The largest absolute Gasteiger partial charge is 0.277 e. The average molecular weight is 296 g/mol. The van der Waals surface area contributed by atoms with Crippen molar-refractivity contribution in [2.45, 2.75) is 13.0 Å². The highest BCUT2D eigenvalue weighted by Crippen LogP contribution is 2.12. The minimum Gasteiger partial charge on any atom is -0.267 e. The number of nitro benzene ring substituents is 1. The van der Waals surface area contributed by atoms with Crippen LogP contribution in [0.25, 0.3) is 10.9 Å². The summed E-state index contributed by atoms with van der Waals surface area (Å²) in [6, 6.07) is 13.3. The fourth-order valence-corrected chi connectivity index (χ4v) is 2.19. The van der Waals surface area contributed by atoms with Crippen molar-refractivity contribution >= 4 is 16.6 Å². The first-order valence-electron chi connectivity index (χ1n) is 6.71. The monoisotopic (exact) mass is 296 g/mol. The molecular formula is C15H12N4O3. The SMILES string of the molecule is O=c1c2ccccc2nnn1CCc1ccc([N+](=O)[O-])cc1. The Morgan fingerprint density at radius 2 is 1.82 bits per heavy atom. The topological polar surface area (TPSA) is 90.9 Å². The van der Waals surface area contributed by atoms with Crippen LogP contribution in [0.2, 0.25) is 0 Å². The fourth-order valence-electron chi connectivity index (χ4n) is 2.19. The molecule has 0 unspecified atom stereocenters. The van der Waals surface area contributed by atoms with Crippen LogP contribution < -0.4 is 5.56 Å². The van der Waals surface area contributed by atoms with Crippen molar-refractivity contribution in [3.05, 3.63) is 74.6 Å². The zero-order valence-corrected chi connectivity index (χ0v) is 11.5. The Labute approximate surface area is 125 Å². The third-order valence-corrected chi connectivity index (χ3v) is 3.39. The first-order valence-corrected chi connectivity index (χ1v) is 6.71. The molecule has 0 atom stereocenters. The van der Waals surface area contributed by atoms with E-state index in [4.69, 9.17) is 0 Å². The predicted octanol–water partition coefficient (Wildman–Crippen LogP) is 1.94. The summed E-state index contributed by atoms with van der Waals surface area (Å²) in [6.45, 7) is 0.370. The number of hydrogen-bond acceptors (Lipinski definition) is 5. The summed E-state index contributed by atoms with van der Waals surface area (Å²) in [4.78, 5) is 22.4. The van der Waals surface area contributed by atoms with E-state index in [-0.39, 0.29) is 11.2 Å². The Bertz CT molecular complexity index is 887. The molecule has 3 aromatic rings. The third kappa shape index (κ3) is 2.69. The van der Waals surface area contributed by atoms with Gasteiger partial charge in [-0.3, -0.25) is 14.9 Å². The van der Waals surface area contributed by atoms with Crippen LogP contribution in [0.4, 0.5) is 5.69 Å². The molecule has 0 spiro atoms. The lowest BCUT2D eigenvalue weighted by atomic mass is 10.1. The van der Waals surface area contributed by atoms with Crippen molar-refractivity contribution in [1.29, 1.82) is 0 Å². The zero-order valence-electron chi connectivity index (χ0n) is 11.5. The summed E-state index contributed by atoms with van der Waals surface area (Å²) >= 11 is 0. The Hall–Kier alpha value is -3.09. The Balaban J connectivity index is 1.80. The van der Waals surface area contributed by atoms with Crippen LogP contribution in [0.3, 0.4) is 0 Å². The molecule has 0 amide bonds. The van der Waals surface area contributed by atoms with E-state index in [1.54, 1.807) is 36.4 Å². The van der Waals surface area contributed by atoms with Crippen LogP contribution in [0.5, 0.6) is 0 Å². The van der Waals surface area contributed by atoms with E-state index in [9.17, 15) is 14.9 Å². The Kier molecular flexibility index (Phi) is 3.61.